The number of halogens is 1. The number of nitrogens with two attached hydrogens (primary N) is 1. The van der Waals surface area contributed by atoms with Gasteiger partial charge in [0, 0.05) is 22.7 Å². The van der Waals surface area contributed by atoms with Gasteiger partial charge in [0.25, 0.3) is 0 Å². The maximum Gasteiger partial charge on any atom is 0.315 e. The van der Waals surface area contributed by atoms with Crippen LogP contribution in [0.1, 0.15) is 31.1 Å². The first-order chi connectivity index (χ1) is 16.2. The Labute approximate surface area is 204 Å². The first-order valence-corrected chi connectivity index (χ1v) is 11.4. The molecule has 3 heterocycles. The summed E-state index contributed by atoms with van der Waals surface area (Å²) in [6.45, 7) is 4.50. The Kier molecular flexibility index (Phi) is 6.43. The van der Waals surface area contributed by atoms with Gasteiger partial charge in [0.05, 0.1) is 46.7 Å². The lowest BCUT2D eigenvalue weighted by molar-refractivity contribution is 0.108. The van der Waals surface area contributed by atoms with Crippen LogP contribution in [-0.2, 0) is 0 Å². The summed E-state index contributed by atoms with van der Waals surface area (Å²) in [6.07, 6.45) is 3.46. The van der Waals surface area contributed by atoms with Crippen LogP contribution in [0.25, 0.3) is 27.7 Å². The van der Waals surface area contributed by atoms with E-state index >= 15 is 0 Å². The molecule has 1 unspecified atom stereocenters. The van der Waals surface area contributed by atoms with Crippen LogP contribution in [0.4, 0.5) is 10.6 Å². The van der Waals surface area contributed by atoms with Crippen LogP contribution in [0.15, 0.2) is 41.1 Å². The van der Waals surface area contributed by atoms with Crippen molar-refractivity contribution in [3.63, 3.8) is 0 Å². The number of aromatic nitrogens is 4. The van der Waals surface area contributed by atoms with E-state index in [9.17, 15) is 15.0 Å². The number of urea groups is 1. The van der Waals surface area contributed by atoms with Crippen LogP contribution in [0.2, 0.25) is 0 Å². The van der Waals surface area contributed by atoms with E-state index in [1.807, 2.05) is 25.1 Å². The van der Waals surface area contributed by atoms with Crippen molar-refractivity contribution in [1.82, 2.24) is 30.2 Å². The van der Waals surface area contributed by atoms with Crippen LogP contribution in [0.3, 0.4) is 0 Å². The van der Waals surface area contributed by atoms with Crippen molar-refractivity contribution in [3.05, 3.63) is 52.4 Å². The van der Waals surface area contributed by atoms with Gasteiger partial charge >= 0.3 is 6.03 Å². The fourth-order valence-electron chi connectivity index (χ4n) is 3.61. The van der Waals surface area contributed by atoms with Crippen molar-refractivity contribution >= 4 is 44.3 Å². The molecule has 0 aliphatic heterocycles. The molecule has 6 N–H and O–H groups in total. The van der Waals surface area contributed by atoms with Crippen molar-refractivity contribution in [1.29, 1.82) is 0 Å². The number of rotatable bonds is 6. The Balaban J connectivity index is 1.72. The summed E-state index contributed by atoms with van der Waals surface area (Å²) in [6, 6.07) is 6.98. The highest BCUT2D eigenvalue weighted by Crippen LogP contribution is 2.33. The summed E-state index contributed by atoms with van der Waals surface area (Å²) in [5.41, 5.74) is 9.83. The minimum absolute atomic E-state index is 0.334. The zero-order chi connectivity index (χ0) is 24.6. The number of hydrogen-bond acceptors (Lipinski definition) is 7. The molecule has 0 saturated carbocycles. The van der Waals surface area contributed by atoms with Crippen LogP contribution in [0, 0.1) is 6.92 Å². The Bertz CT molecular complexity index is 1380. The predicted octanol–water partition coefficient (Wildman–Crippen LogP) is 2.70. The molecule has 4 aromatic rings. The van der Waals surface area contributed by atoms with E-state index in [0.717, 1.165) is 27.6 Å². The summed E-state index contributed by atoms with van der Waals surface area (Å²) >= 11 is 3.47. The average Bonchev–Trinajstić information content (AvgIpc) is 3.24. The Hall–Kier alpha value is -3.28. The third-order valence-electron chi connectivity index (χ3n) is 5.67. The summed E-state index contributed by atoms with van der Waals surface area (Å²) in [4.78, 5) is 21.8. The SMILES string of the molecule is Cc1ccc2ncc(-c3cnn4c(N)c(Br)c(C(C)NC(=O)NC(C)(CO)CO)nc34)cc2c1. The molecular weight excluding hydrogens is 502 g/mol. The van der Waals surface area contributed by atoms with Gasteiger partial charge in [-0.25, -0.2) is 9.78 Å². The number of nitrogens with zero attached hydrogens (tertiary/aromatic N) is 4. The molecule has 0 aliphatic carbocycles. The number of nitrogens with one attached hydrogen (secondary N) is 2. The van der Waals surface area contributed by atoms with Gasteiger partial charge in [-0.15, -0.1) is 0 Å². The number of anilines is 1. The van der Waals surface area contributed by atoms with Crippen molar-refractivity contribution in [2.75, 3.05) is 18.9 Å². The van der Waals surface area contributed by atoms with E-state index in [1.165, 1.54) is 11.4 Å². The van der Waals surface area contributed by atoms with Gasteiger partial charge in [0.2, 0.25) is 0 Å². The fourth-order valence-corrected chi connectivity index (χ4v) is 4.21. The molecule has 178 valence electrons. The van der Waals surface area contributed by atoms with Crippen molar-refractivity contribution in [3.8, 4) is 11.1 Å². The van der Waals surface area contributed by atoms with Crippen LogP contribution >= 0.6 is 15.9 Å². The Morgan fingerprint density at radius 2 is 2.00 bits per heavy atom. The van der Waals surface area contributed by atoms with Crippen LogP contribution < -0.4 is 16.4 Å². The van der Waals surface area contributed by atoms with Gasteiger partial charge in [0.15, 0.2) is 5.65 Å². The van der Waals surface area contributed by atoms with Gasteiger partial charge in [-0.3, -0.25) is 4.98 Å². The summed E-state index contributed by atoms with van der Waals surface area (Å²) in [5.74, 6) is 0.334. The molecule has 2 amide bonds. The van der Waals surface area contributed by atoms with E-state index in [4.69, 9.17) is 10.7 Å². The first kappa shape index (κ1) is 23.9. The van der Waals surface area contributed by atoms with Crippen LogP contribution in [-0.4, -0.2) is 54.6 Å². The molecular formula is C23H26BrN7O3. The van der Waals surface area contributed by atoms with Gasteiger partial charge in [-0.1, -0.05) is 11.6 Å². The van der Waals surface area contributed by atoms with Gasteiger partial charge in [-0.05, 0) is 54.9 Å². The number of aliphatic hydroxyl groups excluding tert-OH is 2. The third kappa shape index (κ3) is 4.41. The van der Waals surface area contributed by atoms with E-state index in [2.05, 4.69) is 42.7 Å². The lowest BCUT2D eigenvalue weighted by Crippen LogP contribution is -2.55. The molecule has 34 heavy (non-hydrogen) atoms. The lowest BCUT2D eigenvalue weighted by Gasteiger charge is -2.27. The number of amides is 2. The standard InChI is InChI=1S/C23H26BrN7O3/c1-12-4-5-17-14(6-12)7-15(8-26-17)16-9-27-31-20(25)18(24)19(29-21(16)31)13(2)28-22(34)30-23(3,10-32)11-33/h4-9,13,32-33H,10-11,25H2,1-3H3,(H2,28,30,34). The number of aliphatic hydroxyl groups is 2. The number of fused-ring (bicyclic) bond motifs is 2. The van der Waals surface area contributed by atoms with Crippen molar-refractivity contribution in [2.24, 2.45) is 0 Å². The molecule has 0 radical (unpaired) electrons. The fraction of sp³-hybridized carbons (Fsp3) is 0.304. The number of aryl methyl sites for hydroxylation is 1. The van der Waals surface area contributed by atoms with Crippen LogP contribution in [0.5, 0.6) is 0 Å². The normalized spacial score (nSPS) is 12.8. The zero-order valence-electron chi connectivity index (χ0n) is 19.0. The molecule has 1 atom stereocenters. The second kappa shape index (κ2) is 9.16. The summed E-state index contributed by atoms with van der Waals surface area (Å²) in [5, 5.41) is 29.6. The van der Waals surface area contributed by atoms with Crippen molar-refractivity contribution < 1.29 is 15.0 Å². The quantitative estimate of drug-likeness (QED) is 0.258. The molecule has 10 nitrogen and oxygen atoms in total. The maximum atomic E-state index is 12.5. The van der Waals surface area contributed by atoms with Gasteiger partial charge in [0.1, 0.15) is 5.82 Å². The minimum atomic E-state index is -1.16. The molecule has 0 spiro atoms. The van der Waals surface area contributed by atoms with E-state index in [-0.39, 0.29) is 0 Å². The molecule has 0 bridgehead atoms. The topological polar surface area (TPSA) is 151 Å². The first-order valence-electron chi connectivity index (χ1n) is 10.7. The van der Waals surface area contributed by atoms with E-state index in [1.54, 1.807) is 19.3 Å². The summed E-state index contributed by atoms with van der Waals surface area (Å²) < 4.78 is 2.03. The largest absolute Gasteiger partial charge is 0.394 e. The second-order valence-electron chi connectivity index (χ2n) is 8.61. The highest BCUT2D eigenvalue weighted by atomic mass is 79.9. The smallest absolute Gasteiger partial charge is 0.315 e. The van der Waals surface area contributed by atoms with Gasteiger partial charge < -0.3 is 26.6 Å². The number of benzene rings is 1. The van der Waals surface area contributed by atoms with Crippen molar-refractivity contribution in [2.45, 2.75) is 32.4 Å². The summed E-state index contributed by atoms with van der Waals surface area (Å²) in [7, 11) is 0. The average molecular weight is 528 g/mol. The highest BCUT2D eigenvalue weighted by Gasteiger charge is 2.27. The third-order valence-corrected chi connectivity index (χ3v) is 6.48. The molecule has 1 aromatic carbocycles. The molecule has 0 saturated heterocycles. The molecule has 0 aliphatic rings. The monoisotopic (exact) mass is 527 g/mol. The highest BCUT2D eigenvalue weighted by molar-refractivity contribution is 9.10. The van der Waals surface area contributed by atoms with E-state index < -0.39 is 30.8 Å². The number of hydrogen-bond donors (Lipinski definition) is 5. The Morgan fingerprint density at radius 1 is 1.26 bits per heavy atom. The number of nitrogen functional groups attached to an aromatic ring is 1. The van der Waals surface area contributed by atoms with E-state index in [0.29, 0.717) is 21.6 Å². The number of carbonyl (C=O) groups is 1. The van der Waals surface area contributed by atoms with Gasteiger partial charge in [-0.2, -0.15) is 9.61 Å². The minimum Gasteiger partial charge on any atom is -0.394 e. The zero-order valence-corrected chi connectivity index (χ0v) is 20.6. The predicted molar refractivity (Wildman–Crippen MR) is 133 cm³/mol. The lowest BCUT2D eigenvalue weighted by atomic mass is 10.1. The second-order valence-corrected chi connectivity index (χ2v) is 9.40. The molecule has 4 rings (SSSR count). The molecule has 3 aromatic heterocycles. The number of carbonyl (C=O) groups excluding carboxylic acids is 1. The molecule has 11 heteroatoms. The number of pyridine rings is 1. The Morgan fingerprint density at radius 3 is 2.71 bits per heavy atom. The molecule has 0 fully saturated rings. The maximum absolute atomic E-state index is 12.5.